The largest absolute Gasteiger partial charge is 0.499 e. The summed E-state index contributed by atoms with van der Waals surface area (Å²) < 4.78 is 11.2. The van der Waals surface area contributed by atoms with Gasteiger partial charge in [-0.05, 0) is 26.0 Å². The summed E-state index contributed by atoms with van der Waals surface area (Å²) in [6.45, 7) is 3.82. The number of nitrogens with zero attached hydrogens (tertiary/aromatic N) is 2. The Morgan fingerprint density at radius 2 is 1.81 bits per heavy atom. The number of rotatable bonds is 6. The van der Waals surface area contributed by atoms with E-state index in [0.717, 1.165) is 15.8 Å². The number of methoxy groups -OCH3 is 2. The van der Waals surface area contributed by atoms with Crippen molar-refractivity contribution in [2.75, 3.05) is 19.5 Å². The van der Waals surface area contributed by atoms with Crippen molar-refractivity contribution < 1.29 is 19.5 Å². The molecular weight excluding hydrogens is 353 g/mol. The van der Waals surface area contributed by atoms with Gasteiger partial charge in [0.25, 0.3) is 0 Å². The fraction of sp³-hybridized carbons (Fsp3) is 0.294. The molecule has 0 saturated heterocycles. The fourth-order valence-electron chi connectivity index (χ4n) is 2.70. The quantitative estimate of drug-likeness (QED) is 0.568. The van der Waals surface area contributed by atoms with Crippen LogP contribution in [0.1, 0.15) is 23.7 Å². The van der Waals surface area contributed by atoms with E-state index in [-0.39, 0.29) is 6.04 Å². The average Bonchev–Trinajstić information content (AvgIpc) is 3.11. The van der Waals surface area contributed by atoms with Gasteiger partial charge in [-0.3, -0.25) is 0 Å². The first-order chi connectivity index (χ1) is 12.4. The number of aryl methyl sites for hydroxylation is 1. The zero-order valence-corrected chi connectivity index (χ0v) is 15.8. The molecule has 136 valence electrons. The SMILES string of the molecule is COc1cc2nc(C)nc(NC(C)c3ccc(B(O)O)s3)c2cc1OC. The molecule has 0 radical (unpaired) electrons. The molecule has 3 N–H and O–H groups in total. The van der Waals surface area contributed by atoms with Crippen LogP contribution >= 0.6 is 11.3 Å². The monoisotopic (exact) mass is 373 g/mol. The maximum absolute atomic E-state index is 9.29. The highest BCUT2D eigenvalue weighted by Gasteiger charge is 2.18. The number of hydrogen-bond acceptors (Lipinski definition) is 8. The van der Waals surface area contributed by atoms with Crippen LogP contribution in [0.3, 0.4) is 0 Å². The number of thiophene rings is 1. The van der Waals surface area contributed by atoms with Crippen LogP contribution in [-0.2, 0) is 0 Å². The van der Waals surface area contributed by atoms with E-state index in [1.807, 2.05) is 32.0 Å². The van der Waals surface area contributed by atoms with Crippen LogP contribution in [-0.4, -0.2) is 41.4 Å². The molecule has 0 aliphatic rings. The standard InChI is InChI=1S/C17H20BN3O4S/c1-9(15-5-6-16(26-15)18(22)23)19-17-11-7-13(24-3)14(25-4)8-12(11)20-10(2)21-17/h5-9,22-23H,1-4H3,(H,19,20,21). The Morgan fingerprint density at radius 1 is 1.12 bits per heavy atom. The topological polar surface area (TPSA) is 96.7 Å². The van der Waals surface area contributed by atoms with Crippen LogP contribution in [0, 0.1) is 6.92 Å². The lowest BCUT2D eigenvalue weighted by atomic mass is 9.90. The van der Waals surface area contributed by atoms with Crippen LogP contribution in [0.25, 0.3) is 10.9 Å². The molecule has 0 aliphatic carbocycles. The first-order valence-corrected chi connectivity index (χ1v) is 8.87. The minimum absolute atomic E-state index is 0.0712. The van der Waals surface area contributed by atoms with Crippen molar-refractivity contribution in [1.29, 1.82) is 0 Å². The molecule has 0 aliphatic heterocycles. The molecule has 1 atom stereocenters. The Hall–Kier alpha value is -2.36. The normalized spacial score (nSPS) is 12.1. The van der Waals surface area contributed by atoms with Gasteiger partial charge in [0, 0.05) is 21.1 Å². The molecule has 0 bridgehead atoms. The van der Waals surface area contributed by atoms with E-state index in [9.17, 15) is 10.0 Å². The van der Waals surface area contributed by atoms with Gasteiger partial charge in [0.2, 0.25) is 0 Å². The molecule has 1 unspecified atom stereocenters. The second-order valence-corrected chi connectivity index (χ2v) is 6.97. The highest BCUT2D eigenvalue weighted by molar-refractivity contribution is 7.22. The van der Waals surface area contributed by atoms with Crippen LogP contribution in [0.15, 0.2) is 24.3 Å². The Labute approximate surface area is 155 Å². The summed E-state index contributed by atoms with van der Waals surface area (Å²) in [4.78, 5) is 9.97. The highest BCUT2D eigenvalue weighted by Crippen LogP contribution is 2.35. The van der Waals surface area contributed by atoms with Crippen molar-refractivity contribution in [2.45, 2.75) is 19.9 Å². The molecule has 0 fully saturated rings. The molecule has 2 aromatic heterocycles. The maximum Gasteiger partial charge on any atom is 0.499 e. The first kappa shape index (κ1) is 18.4. The summed E-state index contributed by atoms with van der Waals surface area (Å²) in [6.07, 6.45) is 0. The number of anilines is 1. The van der Waals surface area contributed by atoms with Crippen molar-refractivity contribution in [3.63, 3.8) is 0 Å². The summed E-state index contributed by atoms with van der Waals surface area (Å²) in [5, 5.41) is 22.8. The number of hydrogen-bond donors (Lipinski definition) is 3. The molecule has 3 aromatic rings. The highest BCUT2D eigenvalue weighted by atomic mass is 32.1. The second kappa shape index (κ2) is 7.49. The molecule has 3 rings (SSSR count). The van der Waals surface area contributed by atoms with Crippen LogP contribution in [0.5, 0.6) is 11.5 Å². The number of nitrogens with one attached hydrogen (secondary N) is 1. The van der Waals surface area contributed by atoms with Crippen molar-refractivity contribution in [2.24, 2.45) is 0 Å². The first-order valence-electron chi connectivity index (χ1n) is 8.05. The number of ether oxygens (including phenoxy) is 2. The molecule has 0 spiro atoms. The lowest BCUT2D eigenvalue weighted by Crippen LogP contribution is -2.26. The van der Waals surface area contributed by atoms with E-state index in [1.165, 1.54) is 11.3 Å². The van der Waals surface area contributed by atoms with Gasteiger partial charge in [0.15, 0.2) is 11.5 Å². The predicted octanol–water partition coefficient (Wildman–Crippen LogP) is 1.87. The van der Waals surface area contributed by atoms with E-state index in [2.05, 4.69) is 15.3 Å². The zero-order valence-electron chi connectivity index (χ0n) is 15.0. The lowest BCUT2D eigenvalue weighted by Gasteiger charge is -2.16. The van der Waals surface area contributed by atoms with Crippen molar-refractivity contribution in [3.8, 4) is 11.5 Å². The fourth-order valence-corrected chi connectivity index (χ4v) is 3.58. The van der Waals surface area contributed by atoms with Crippen LogP contribution in [0.4, 0.5) is 5.82 Å². The summed E-state index contributed by atoms with van der Waals surface area (Å²) in [5.41, 5.74) is 0.752. The van der Waals surface area contributed by atoms with Gasteiger partial charge in [0.1, 0.15) is 11.6 Å². The van der Waals surface area contributed by atoms with E-state index in [1.54, 1.807) is 20.3 Å². The van der Waals surface area contributed by atoms with Gasteiger partial charge in [-0.2, -0.15) is 0 Å². The van der Waals surface area contributed by atoms with Crippen molar-refractivity contribution in [3.05, 3.63) is 35.0 Å². The summed E-state index contributed by atoms with van der Waals surface area (Å²) >= 11 is 1.34. The second-order valence-electron chi connectivity index (χ2n) is 5.82. The Balaban J connectivity index is 2.00. The minimum Gasteiger partial charge on any atom is -0.493 e. The summed E-state index contributed by atoms with van der Waals surface area (Å²) in [5.74, 6) is 2.53. The molecule has 7 nitrogen and oxygen atoms in total. The van der Waals surface area contributed by atoms with E-state index < -0.39 is 7.12 Å². The smallest absolute Gasteiger partial charge is 0.493 e. The minimum atomic E-state index is -1.46. The molecule has 9 heteroatoms. The third kappa shape index (κ3) is 3.60. The molecule has 1 aromatic carbocycles. The number of benzene rings is 1. The third-order valence-corrected chi connectivity index (χ3v) is 5.30. The van der Waals surface area contributed by atoms with E-state index >= 15 is 0 Å². The van der Waals surface area contributed by atoms with Gasteiger partial charge in [-0.1, -0.05) is 6.07 Å². The van der Waals surface area contributed by atoms with Gasteiger partial charge < -0.3 is 24.8 Å². The van der Waals surface area contributed by atoms with Gasteiger partial charge in [0.05, 0.1) is 25.8 Å². The summed E-state index contributed by atoms with van der Waals surface area (Å²) in [7, 11) is 1.71. The van der Waals surface area contributed by atoms with Crippen LogP contribution < -0.4 is 19.6 Å². The lowest BCUT2D eigenvalue weighted by molar-refractivity contribution is 0.356. The predicted molar refractivity (Wildman–Crippen MR) is 104 cm³/mol. The third-order valence-electron chi connectivity index (χ3n) is 3.99. The molecule has 26 heavy (non-hydrogen) atoms. The van der Waals surface area contributed by atoms with Crippen molar-refractivity contribution in [1.82, 2.24) is 9.97 Å². The Kier molecular flexibility index (Phi) is 5.31. The zero-order chi connectivity index (χ0) is 18.8. The molecular formula is C17H20BN3O4S. The average molecular weight is 373 g/mol. The Morgan fingerprint density at radius 3 is 2.42 bits per heavy atom. The van der Waals surface area contributed by atoms with Gasteiger partial charge >= 0.3 is 7.12 Å². The summed E-state index contributed by atoms with van der Waals surface area (Å²) in [6, 6.07) is 7.18. The number of fused-ring (bicyclic) bond motifs is 1. The van der Waals surface area contributed by atoms with Gasteiger partial charge in [-0.15, -0.1) is 11.3 Å². The molecule has 0 saturated carbocycles. The maximum atomic E-state index is 9.29. The van der Waals surface area contributed by atoms with Crippen LogP contribution in [0.2, 0.25) is 0 Å². The van der Waals surface area contributed by atoms with Crippen molar-refractivity contribution >= 4 is 40.0 Å². The Bertz CT molecular complexity index is 932. The number of aromatic nitrogens is 2. The molecule has 2 heterocycles. The van der Waals surface area contributed by atoms with E-state index in [4.69, 9.17) is 9.47 Å². The van der Waals surface area contributed by atoms with E-state index in [0.29, 0.717) is 27.9 Å². The molecule has 0 amide bonds. The van der Waals surface area contributed by atoms with Gasteiger partial charge in [-0.25, -0.2) is 9.97 Å².